The van der Waals surface area contributed by atoms with Crippen molar-refractivity contribution >= 4 is 11.3 Å². The van der Waals surface area contributed by atoms with Crippen LogP contribution in [0.25, 0.3) is 0 Å². The summed E-state index contributed by atoms with van der Waals surface area (Å²) < 4.78 is 5.43. The monoisotopic (exact) mass is 269 g/mol. The standard InChI is InChI=1S/C13H23N3OS/c1-10-15-12(9-18-10)8-16(2)13(7-14)11-3-5-17-6-4-11/h9,11,13H,3-8,14H2,1-2H3. The second kappa shape index (κ2) is 6.61. The highest BCUT2D eigenvalue weighted by Gasteiger charge is 2.26. The molecule has 1 fully saturated rings. The van der Waals surface area contributed by atoms with E-state index in [4.69, 9.17) is 10.5 Å². The summed E-state index contributed by atoms with van der Waals surface area (Å²) in [5, 5.41) is 3.28. The number of likely N-dealkylation sites (N-methyl/N-ethyl adjacent to an activating group) is 1. The highest BCUT2D eigenvalue weighted by atomic mass is 32.1. The van der Waals surface area contributed by atoms with Crippen LogP contribution in [0, 0.1) is 12.8 Å². The van der Waals surface area contributed by atoms with Gasteiger partial charge in [-0.2, -0.15) is 0 Å². The normalized spacial score (nSPS) is 19.3. The zero-order valence-corrected chi connectivity index (χ0v) is 12.1. The van der Waals surface area contributed by atoms with Gasteiger partial charge in [0.2, 0.25) is 0 Å². The molecule has 2 heterocycles. The summed E-state index contributed by atoms with van der Waals surface area (Å²) in [5.74, 6) is 0.661. The topological polar surface area (TPSA) is 51.4 Å². The van der Waals surface area contributed by atoms with Crippen molar-refractivity contribution in [2.24, 2.45) is 11.7 Å². The fraction of sp³-hybridized carbons (Fsp3) is 0.769. The minimum absolute atomic E-state index is 0.441. The van der Waals surface area contributed by atoms with Gasteiger partial charge in [0.1, 0.15) is 0 Å². The van der Waals surface area contributed by atoms with Gasteiger partial charge in [0.15, 0.2) is 0 Å². The number of aromatic nitrogens is 1. The molecule has 4 nitrogen and oxygen atoms in total. The number of hydrogen-bond acceptors (Lipinski definition) is 5. The number of nitrogens with zero attached hydrogens (tertiary/aromatic N) is 2. The van der Waals surface area contributed by atoms with Gasteiger partial charge in [-0.25, -0.2) is 4.98 Å². The zero-order valence-electron chi connectivity index (χ0n) is 11.3. The maximum absolute atomic E-state index is 5.96. The van der Waals surface area contributed by atoms with Crippen LogP contribution in [0.1, 0.15) is 23.5 Å². The summed E-state index contributed by atoms with van der Waals surface area (Å²) in [7, 11) is 2.15. The number of aryl methyl sites for hydroxylation is 1. The van der Waals surface area contributed by atoms with Crippen LogP contribution < -0.4 is 5.73 Å². The van der Waals surface area contributed by atoms with Gasteiger partial charge in [-0.05, 0) is 32.7 Å². The van der Waals surface area contributed by atoms with E-state index >= 15 is 0 Å². The lowest BCUT2D eigenvalue weighted by Crippen LogP contribution is -2.45. The quantitative estimate of drug-likeness (QED) is 0.883. The van der Waals surface area contributed by atoms with Gasteiger partial charge >= 0.3 is 0 Å². The third-order valence-corrected chi connectivity index (χ3v) is 4.52. The summed E-state index contributed by atoms with van der Waals surface area (Å²) in [6.07, 6.45) is 2.25. The Morgan fingerprint density at radius 2 is 2.28 bits per heavy atom. The average molecular weight is 269 g/mol. The van der Waals surface area contributed by atoms with E-state index in [1.54, 1.807) is 11.3 Å². The van der Waals surface area contributed by atoms with Crippen LogP contribution in [0.2, 0.25) is 0 Å². The first-order valence-electron chi connectivity index (χ1n) is 6.59. The van der Waals surface area contributed by atoms with Crippen molar-refractivity contribution in [1.82, 2.24) is 9.88 Å². The Morgan fingerprint density at radius 3 is 2.83 bits per heavy atom. The lowest BCUT2D eigenvalue weighted by Gasteiger charge is -2.35. The lowest BCUT2D eigenvalue weighted by atomic mass is 9.91. The van der Waals surface area contributed by atoms with Crippen molar-refractivity contribution in [3.63, 3.8) is 0 Å². The van der Waals surface area contributed by atoms with Gasteiger partial charge in [0, 0.05) is 37.7 Å². The molecule has 0 aromatic carbocycles. The molecule has 1 aliphatic heterocycles. The first kappa shape index (κ1) is 13.9. The number of ether oxygens (including phenoxy) is 1. The molecule has 0 saturated carbocycles. The van der Waals surface area contributed by atoms with Crippen molar-refractivity contribution in [3.8, 4) is 0 Å². The van der Waals surface area contributed by atoms with E-state index in [1.165, 1.54) is 0 Å². The number of hydrogen-bond donors (Lipinski definition) is 1. The van der Waals surface area contributed by atoms with Gasteiger partial charge in [0.05, 0.1) is 10.7 Å². The Hall–Kier alpha value is -0.490. The molecule has 2 N–H and O–H groups in total. The van der Waals surface area contributed by atoms with Crippen molar-refractivity contribution in [2.75, 3.05) is 26.8 Å². The molecule has 1 saturated heterocycles. The largest absolute Gasteiger partial charge is 0.381 e. The number of rotatable bonds is 5. The molecule has 1 atom stereocenters. The predicted octanol–water partition coefficient (Wildman–Crippen LogP) is 1.64. The second-order valence-corrected chi connectivity index (χ2v) is 6.09. The van der Waals surface area contributed by atoms with E-state index in [0.29, 0.717) is 18.5 Å². The Kier molecular flexibility index (Phi) is 5.12. The molecule has 0 amide bonds. The Labute approximate surface area is 113 Å². The molecule has 1 unspecified atom stereocenters. The van der Waals surface area contributed by atoms with Crippen LogP contribution in [0.5, 0.6) is 0 Å². The minimum atomic E-state index is 0.441. The molecular formula is C13H23N3OS. The molecule has 1 aliphatic rings. The molecule has 5 heteroatoms. The molecule has 1 aromatic rings. The molecule has 0 spiro atoms. The highest BCUT2D eigenvalue weighted by molar-refractivity contribution is 7.09. The Balaban J connectivity index is 1.93. The maximum atomic E-state index is 5.96. The Bertz CT molecular complexity index is 363. The molecular weight excluding hydrogens is 246 g/mol. The van der Waals surface area contributed by atoms with Crippen molar-refractivity contribution in [1.29, 1.82) is 0 Å². The third kappa shape index (κ3) is 3.51. The van der Waals surface area contributed by atoms with Crippen molar-refractivity contribution < 1.29 is 4.74 Å². The molecule has 0 aliphatic carbocycles. The fourth-order valence-electron chi connectivity index (χ4n) is 2.69. The molecule has 2 rings (SSSR count). The first-order valence-corrected chi connectivity index (χ1v) is 7.47. The lowest BCUT2D eigenvalue weighted by molar-refractivity contribution is 0.0319. The second-order valence-electron chi connectivity index (χ2n) is 5.03. The summed E-state index contributed by atoms with van der Waals surface area (Å²) in [6.45, 7) is 5.41. The third-order valence-electron chi connectivity index (χ3n) is 3.70. The van der Waals surface area contributed by atoms with Crippen LogP contribution in [0.3, 0.4) is 0 Å². The summed E-state index contributed by atoms with van der Waals surface area (Å²) in [5.41, 5.74) is 7.12. The SMILES string of the molecule is Cc1nc(CN(C)C(CN)C2CCOCC2)cs1. The van der Waals surface area contributed by atoms with E-state index in [1.807, 2.05) is 6.92 Å². The van der Waals surface area contributed by atoms with Crippen LogP contribution in [-0.2, 0) is 11.3 Å². The van der Waals surface area contributed by atoms with Gasteiger partial charge in [-0.15, -0.1) is 11.3 Å². The molecule has 102 valence electrons. The van der Waals surface area contributed by atoms with E-state index in [0.717, 1.165) is 43.3 Å². The smallest absolute Gasteiger partial charge is 0.0897 e. The van der Waals surface area contributed by atoms with Crippen LogP contribution >= 0.6 is 11.3 Å². The van der Waals surface area contributed by atoms with Crippen molar-refractivity contribution in [2.45, 2.75) is 32.4 Å². The predicted molar refractivity (Wildman–Crippen MR) is 74.7 cm³/mol. The minimum Gasteiger partial charge on any atom is -0.381 e. The highest BCUT2D eigenvalue weighted by Crippen LogP contribution is 2.23. The average Bonchev–Trinajstić information content (AvgIpc) is 2.77. The first-order chi connectivity index (χ1) is 8.70. The number of thiazole rings is 1. The van der Waals surface area contributed by atoms with E-state index in [9.17, 15) is 0 Å². The van der Waals surface area contributed by atoms with E-state index < -0.39 is 0 Å². The van der Waals surface area contributed by atoms with Crippen LogP contribution in [0.15, 0.2) is 5.38 Å². The van der Waals surface area contributed by atoms with Gasteiger partial charge in [-0.1, -0.05) is 0 Å². The molecule has 0 radical (unpaired) electrons. The Morgan fingerprint density at radius 1 is 1.56 bits per heavy atom. The van der Waals surface area contributed by atoms with E-state index in [-0.39, 0.29) is 0 Å². The maximum Gasteiger partial charge on any atom is 0.0897 e. The molecule has 0 bridgehead atoms. The molecule has 1 aromatic heterocycles. The zero-order chi connectivity index (χ0) is 13.0. The summed E-state index contributed by atoms with van der Waals surface area (Å²) in [4.78, 5) is 6.88. The summed E-state index contributed by atoms with van der Waals surface area (Å²) >= 11 is 1.71. The van der Waals surface area contributed by atoms with Crippen molar-refractivity contribution in [3.05, 3.63) is 16.1 Å². The summed E-state index contributed by atoms with van der Waals surface area (Å²) in [6, 6.07) is 0.441. The van der Waals surface area contributed by atoms with Gasteiger partial charge < -0.3 is 10.5 Å². The van der Waals surface area contributed by atoms with Crippen LogP contribution in [0.4, 0.5) is 0 Å². The van der Waals surface area contributed by atoms with Gasteiger partial charge in [-0.3, -0.25) is 4.90 Å². The number of nitrogens with two attached hydrogens (primary N) is 1. The van der Waals surface area contributed by atoms with Gasteiger partial charge in [0.25, 0.3) is 0 Å². The fourth-order valence-corrected chi connectivity index (χ4v) is 3.29. The van der Waals surface area contributed by atoms with E-state index in [2.05, 4.69) is 22.3 Å². The van der Waals surface area contributed by atoms with Crippen LogP contribution in [-0.4, -0.2) is 42.7 Å². The molecule has 18 heavy (non-hydrogen) atoms.